The normalized spacial score (nSPS) is 13.0. The highest BCUT2D eigenvalue weighted by atomic mass is 35.5. The predicted octanol–water partition coefficient (Wildman–Crippen LogP) is 0.331. The Bertz CT molecular complexity index is 468. The molecule has 0 saturated heterocycles. The van der Waals surface area contributed by atoms with Gasteiger partial charge in [-0.3, -0.25) is 4.79 Å². The van der Waals surface area contributed by atoms with E-state index in [1.54, 1.807) is 5.38 Å². The van der Waals surface area contributed by atoms with Gasteiger partial charge in [0.2, 0.25) is 0 Å². The number of hydrogen-bond donors (Lipinski definition) is 2. The predicted molar refractivity (Wildman–Crippen MR) is 77.0 cm³/mol. The Morgan fingerprint density at radius 3 is 2.60 bits per heavy atom. The Morgan fingerprint density at radius 2 is 2.15 bits per heavy atom. The molecule has 0 fully saturated rings. The molecule has 0 aromatic carbocycles. The lowest BCUT2D eigenvalue weighted by molar-refractivity contribution is -0.149. The summed E-state index contributed by atoms with van der Waals surface area (Å²) in [5.74, 6) is -1.06. The molecule has 0 aliphatic heterocycles. The number of nitrogens with one attached hydrogen (secondary N) is 1. The van der Waals surface area contributed by atoms with Gasteiger partial charge in [0.15, 0.2) is 5.54 Å². The standard InChI is InChI=1S/C11H17N3O4S.ClH/c1-11(6-17-2,10(16)18-3)14-9(15)7-5-19-8(4-12)13-7;/h5H,4,6,12H2,1-3H3,(H,14,15);1H. The Kier molecular flexibility index (Phi) is 7.66. The molecule has 20 heavy (non-hydrogen) atoms. The fourth-order valence-electron chi connectivity index (χ4n) is 1.48. The lowest BCUT2D eigenvalue weighted by atomic mass is 10.0. The minimum absolute atomic E-state index is 0. The average molecular weight is 324 g/mol. The molecule has 0 radical (unpaired) electrons. The maximum Gasteiger partial charge on any atom is 0.333 e. The molecule has 1 heterocycles. The molecular weight excluding hydrogens is 306 g/mol. The Balaban J connectivity index is 0.00000361. The summed E-state index contributed by atoms with van der Waals surface area (Å²) in [7, 11) is 2.68. The Hall–Kier alpha value is -1.22. The van der Waals surface area contributed by atoms with Gasteiger partial charge in [-0.15, -0.1) is 23.7 Å². The maximum atomic E-state index is 12.0. The third kappa shape index (κ3) is 4.41. The maximum absolute atomic E-state index is 12.0. The quantitative estimate of drug-likeness (QED) is 0.731. The van der Waals surface area contributed by atoms with E-state index in [4.69, 9.17) is 10.5 Å². The van der Waals surface area contributed by atoms with E-state index < -0.39 is 17.4 Å². The van der Waals surface area contributed by atoms with Gasteiger partial charge in [0.25, 0.3) is 5.91 Å². The first-order valence-electron chi connectivity index (χ1n) is 5.51. The number of rotatable bonds is 6. The molecular formula is C11H18ClN3O4S. The third-order valence-electron chi connectivity index (χ3n) is 2.42. The first-order chi connectivity index (χ1) is 8.96. The van der Waals surface area contributed by atoms with Gasteiger partial charge in [-0.05, 0) is 6.92 Å². The van der Waals surface area contributed by atoms with Crippen LogP contribution in [-0.2, 0) is 20.8 Å². The molecule has 7 nitrogen and oxygen atoms in total. The van der Waals surface area contributed by atoms with Crippen LogP contribution in [0.2, 0.25) is 0 Å². The van der Waals surface area contributed by atoms with Crippen molar-refractivity contribution in [2.75, 3.05) is 20.8 Å². The molecule has 1 amide bonds. The first-order valence-corrected chi connectivity index (χ1v) is 6.39. The summed E-state index contributed by atoms with van der Waals surface area (Å²) in [6, 6.07) is 0. The number of nitrogens with zero attached hydrogens (tertiary/aromatic N) is 1. The molecule has 1 atom stereocenters. The van der Waals surface area contributed by atoms with Crippen LogP contribution >= 0.6 is 23.7 Å². The van der Waals surface area contributed by atoms with Crippen molar-refractivity contribution in [3.05, 3.63) is 16.1 Å². The van der Waals surface area contributed by atoms with Crippen molar-refractivity contribution in [3.8, 4) is 0 Å². The van der Waals surface area contributed by atoms with E-state index in [0.29, 0.717) is 5.01 Å². The topological polar surface area (TPSA) is 104 Å². The van der Waals surface area contributed by atoms with Gasteiger partial charge in [-0.2, -0.15) is 0 Å². The van der Waals surface area contributed by atoms with Gasteiger partial charge in [0.1, 0.15) is 10.7 Å². The zero-order valence-corrected chi connectivity index (χ0v) is 13.1. The minimum atomic E-state index is -1.26. The van der Waals surface area contributed by atoms with Crippen LogP contribution in [-0.4, -0.2) is 43.2 Å². The van der Waals surface area contributed by atoms with Crippen LogP contribution in [0, 0.1) is 0 Å². The van der Waals surface area contributed by atoms with Crippen LogP contribution in [0.25, 0.3) is 0 Å². The first kappa shape index (κ1) is 18.8. The van der Waals surface area contributed by atoms with Crippen molar-refractivity contribution in [1.29, 1.82) is 0 Å². The second-order valence-electron chi connectivity index (χ2n) is 4.04. The number of carbonyl (C=O) groups is 2. The van der Waals surface area contributed by atoms with Crippen LogP contribution in [0.1, 0.15) is 22.4 Å². The Labute approximate surface area is 127 Å². The molecule has 0 saturated carbocycles. The zero-order valence-electron chi connectivity index (χ0n) is 11.5. The number of hydrogen-bond acceptors (Lipinski definition) is 7. The number of nitrogens with two attached hydrogens (primary N) is 1. The SMILES string of the molecule is COCC(C)(NC(=O)c1csc(CN)n1)C(=O)OC.Cl. The van der Waals surface area contributed by atoms with Gasteiger partial charge in [-0.25, -0.2) is 9.78 Å². The number of methoxy groups -OCH3 is 2. The summed E-state index contributed by atoms with van der Waals surface area (Å²) in [4.78, 5) is 27.8. The summed E-state index contributed by atoms with van der Waals surface area (Å²) in [6.45, 7) is 1.79. The van der Waals surface area contributed by atoms with Gasteiger partial charge in [0, 0.05) is 19.0 Å². The van der Waals surface area contributed by atoms with E-state index in [1.165, 1.54) is 32.5 Å². The number of thiazole rings is 1. The molecule has 1 rings (SSSR count). The van der Waals surface area contributed by atoms with Crippen molar-refractivity contribution < 1.29 is 19.1 Å². The minimum Gasteiger partial charge on any atom is -0.467 e. The molecule has 114 valence electrons. The van der Waals surface area contributed by atoms with Crippen molar-refractivity contribution >= 4 is 35.6 Å². The zero-order chi connectivity index (χ0) is 14.5. The van der Waals surface area contributed by atoms with E-state index in [2.05, 4.69) is 15.0 Å². The monoisotopic (exact) mass is 323 g/mol. The van der Waals surface area contributed by atoms with E-state index in [-0.39, 0.29) is 31.3 Å². The number of esters is 1. The third-order valence-corrected chi connectivity index (χ3v) is 3.29. The van der Waals surface area contributed by atoms with Crippen LogP contribution in [0.3, 0.4) is 0 Å². The number of amides is 1. The lowest BCUT2D eigenvalue weighted by Gasteiger charge is -2.26. The fourth-order valence-corrected chi connectivity index (χ4v) is 2.14. The smallest absolute Gasteiger partial charge is 0.333 e. The molecule has 0 aliphatic rings. The second kappa shape index (κ2) is 8.15. The summed E-state index contributed by atoms with van der Waals surface area (Å²) in [6.07, 6.45) is 0. The highest BCUT2D eigenvalue weighted by Crippen LogP contribution is 2.12. The van der Waals surface area contributed by atoms with Gasteiger partial charge < -0.3 is 20.5 Å². The van der Waals surface area contributed by atoms with Gasteiger partial charge in [0.05, 0.1) is 13.7 Å². The van der Waals surface area contributed by atoms with E-state index in [0.717, 1.165) is 0 Å². The van der Waals surface area contributed by atoms with Crippen LogP contribution in [0.4, 0.5) is 0 Å². The highest BCUT2D eigenvalue weighted by molar-refractivity contribution is 7.09. The lowest BCUT2D eigenvalue weighted by Crippen LogP contribution is -2.56. The summed E-state index contributed by atoms with van der Waals surface area (Å²) >= 11 is 1.29. The largest absolute Gasteiger partial charge is 0.467 e. The van der Waals surface area contributed by atoms with Crippen LogP contribution < -0.4 is 11.1 Å². The number of ether oxygens (including phenoxy) is 2. The summed E-state index contributed by atoms with van der Waals surface area (Å²) in [5, 5.41) is 4.80. The van der Waals surface area contributed by atoms with Crippen molar-refractivity contribution in [1.82, 2.24) is 10.3 Å². The van der Waals surface area contributed by atoms with Crippen molar-refractivity contribution in [2.24, 2.45) is 5.73 Å². The number of carbonyl (C=O) groups excluding carboxylic acids is 2. The number of aromatic nitrogens is 1. The van der Waals surface area contributed by atoms with Gasteiger partial charge in [-0.1, -0.05) is 0 Å². The molecule has 0 bridgehead atoms. The Morgan fingerprint density at radius 1 is 1.50 bits per heavy atom. The highest BCUT2D eigenvalue weighted by Gasteiger charge is 2.37. The van der Waals surface area contributed by atoms with E-state index in [1.807, 2.05) is 0 Å². The fraction of sp³-hybridized carbons (Fsp3) is 0.545. The van der Waals surface area contributed by atoms with Gasteiger partial charge >= 0.3 is 5.97 Å². The van der Waals surface area contributed by atoms with Crippen LogP contribution in [0.15, 0.2) is 5.38 Å². The molecule has 1 unspecified atom stereocenters. The summed E-state index contributed by atoms with van der Waals surface area (Å²) < 4.78 is 9.60. The molecule has 9 heteroatoms. The molecule has 0 aliphatic carbocycles. The number of halogens is 1. The summed E-state index contributed by atoms with van der Waals surface area (Å²) in [5.41, 5.74) is 4.39. The van der Waals surface area contributed by atoms with E-state index >= 15 is 0 Å². The van der Waals surface area contributed by atoms with Crippen molar-refractivity contribution in [3.63, 3.8) is 0 Å². The molecule has 1 aromatic heterocycles. The molecule has 0 spiro atoms. The second-order valence-corrected chi connectivity index (χ2v) is 4.98. The molecule has 1 aromatic rings. The van der Waals surface area contributed by atoms with E-state index in [9.17, 15) is 9.59 Å². The van der Waals surface area contributed by atoms with Crippen LogP contribution in [0.5, 0.6) is 0 Å². The average Bonchev–Trinajstić information content (AvgIpc) is 2.86. The van der Waals surface area contributed by atoms with Crippen molar-refractivity contribution in [2.45, 2.75) is 19.0 Å². The molecule has 3 N–H and O–H groups in total.